The van der Waals surface area contributed by atoms with E-state index >= 15 is 0 Å². The standard InChI is InChI=1S/C22H18N4O6/c27-17-6-4-15(19(29)9-17)11-23-25-21(31)13-2-1-3-14(8-13)22(32)26-24-12-16-5-7-18(28)10-20(16)30/h1-12,27-30H,(H,25,31)(H,26,32)/b23-11+,24-12+. The Balaban J connectivity index is 1.62. The second-order valence-electron chi connectivity index (χ2n) is 6.47. The van der Waals surface area contributed by atoms with Crippen molar-refractivity contribution in [1.82, 2.24) is 10.9 Å². The first-order valence-corrected chi connectivity index (χ1v) is 9.14. The van der Waals surface area contributed by atoms with Gasteiger partial charge < -0.3 is 20.4 Å². The van der Waals surface area contributed by atoms with E-state index in [9.17, 15) is 30.0 Å². The normalized spacial score (nSPS) is 11.0. The van der Waals surface area contributed by atoms with Crippen LogP contribution in [0.1, 0.15) is 31.8 Å². The predicted octanol–water partition coefficient (Wildman–Crippen LogP) is 2.04. The van der Waals surface area contributed by atoms with Gasteiger partial charge in [0.2, 0.25) is 0 Å². The van der Waals surface area contributed by atoms with Crippen LogP contribution in [0.25, 0.3) is 0 Å². The van der Waals surface area contributed by atoms with E-state index in [-0.39, 0.29) is 45.3 Å². The van der Waals surface area contributed by atoms with Crippen LogP contribution in [-0.4, -0.2) is 44.7 Å². The Morgan fingerprint density at radius 1 is 0.656 bits per heavy atom. The molecule has 32 heavy (non-hydrogen) atoms. The monoisotopic (exact) mass is 434 g/mol. The van der Waals surface area contributed by atoms with Gasteiger partial charge in [0.15, 0.2) is 0 Å². The highest BCUT2D eigenvalue weighted by Gasteiger charge is 2.10. The number of carbonyl (C=O) groups is 2. The molecule has 0 aliphatic rings. The second-order valence-corrected chi connectivity index (χ2v) is 6.47. The lowest BCUT2D eigenvalue weighted by molar-refractivity contribution is 0.0954. The predicted molar refractivity (Wildman–Crippen MR) is 116 cm³/mol. The summed E-state index contributed by atoms with van der Waals surface area (Å²) in [6.45, 7) is 0. The van der Waals surface area contributed by atoms with Gasteiger partial charge in [-0.05, 0) is 42.5 Å². The van der Waals surface area contributed by atoms with E-state index in [0.29, 0.717) is 0 Å². The van der Waals surface area contributed by atoms with Crippen LogP contribution < -0.4 is 10.9 Å². The van der Waals surface area contributed by atoms with Gasteiger partial charge in [0.05, 0.1) is 12.4 Å². The van der Waals surface area contributed by atoms with E-state index < -0.39 is 11.8 Å². The number of benzene rings is 3. The third kappa shape index (κ3) is 5.60. The number of carbonyl (C=O) groups excluding carboxylic acids is 2. The Morgan fingerprint density at radius 2 is 1.09 bits per heavy atom. The molecule has 0 bridgehead atoms. The SMILES string of the molecule is O=C(N/N=C/c1ccc(O)cc1O)c1cccc(C(=O)N/N=C/c2ccc(O)cc2O)c1. The molecule has 0 radical (unpaired) electrons. The van der Waals surface area contributed by atoms with Crippen LogP contribution >= 0.6 is 0 Å². The Bertz CT molecular complexity index is 1130. The Kier molecular flexibility index (Phi) is 6.66. The van der Waals surface area contributed by atoms with Crippen LogP contribution in [0.2, 0.25) is 0 Å². The molecular formula is C22H18N4O6. The molecule has 0 aliphatic carbocycles. The molecule has 0 unspecified atom stereocenters. The zero-order chi connectivity index (χ0) is 23.1. The maximum atomic E-state index is 12.3. The molecule has 3 aromatic carbocycles. The van der Waals surface area contributed by atoms with Crippen LogP contribution in [0.15, 0.2) is 70.9 Å². The summed E-state index contributed by atoms with van der Waals surface area (Å²) in [6.07, 6.45) is 2.41. The molecule has 0 saturated carbocycles. The van der Waals surface area contributed by atoms with Gasteiger partial charge in [-0.25, -0.2) is 10.9 Å². The fraction of sp³-hybridized carbons (Fsp3) is 0. The number of amides is 2. The lowest BCUT2D eigenvalue weighted by Crippen LogP contribution is -2.20. The molecule has 0 aliphatic heterocycles. The van der Waals surface area contributed by atoms with Crippen LogP contribution in [0.4, 0.5) is 0 Å². The summed E-state index contributed by atoms with van der Waals surface area (Å²) in [4.78, 5) is 24.6. The number of hydrogen-bond acceptors (Lipinski definition) is 8. The van der Waals surface area contributed by atoms with E-state index in [4.69, 9.17) is 0 Å². The number of nitrogens with one attached hydrogen (secondary N) is 2. The van der Waals surface area contributed by atoms with Crippen molar-refractivity contribution in [2.45, 2.75) is 0 Å². The molecule has 2 amide bonds. The average Bonchev–Trinajstić information content (AvgIpc) is 2.76. The van der Waals surface area contributed by atoms with Crippen LogP contribution in [-0.2, 0) is 0 Å². The minimum absolute atomic E-state index is 0.108. The molecule has 0 heterocycles. The van der Waals surface area contributed by atoms with Crippen molar-refractivity contribution in [3.63, 3.8) is 0 Å². The van der Waals surface area contributed by atoms with Crippen molar-refractivity contribution in [1.29, 1.82) is 0 Å². The number of hydrogen-bond donors (Lipinski definition) is 6. The van der Waals surface area contributed by atoms with Gasteiger partial charge >= 0.3 is 0 Å². The van der Waals surface area contributed by atoms with Crippen LogP contribution in [0.5, 0.6) is 23.0 Å². The quantitative estimate of drug-likeness (QED) is 0.257. The van der Waals surface area contributed by atoms with Gasteiger partial charge in [-0.2, -0.15) is 10.2 Å². The summed E-state index contributed by atoms with van der Waals surface area (Å²) in [5.74, 6) is -1.81. The number of hydrazone groups is 2. The van der Waals surface area contributed by atoms with Crippen molar-refractivity contribution in [2.24, 2.45) is 10.2 Å². The topological polar surface area (TPSA) is 164 Å². The van der Waals surface area contributed by atoms with Crippen molar-refractivity contribution in [3.8, 4) is 23.0 Å². The Hall–Kier alpha value is -4.86. The number of nitrogens with zero attached hydrogens (tertiary/aromatic N) is 2. The van der Waals surface area contributed by atoms with Gasteiger partial charge in [-0.3, -0.25) is 9.59 Å². The lowest BCUT2D eigenvalue weighted by Gasteiger charge is -2.04. The summed E-state index contributed by atoms with van der Waals surface area (Å²) >= 11 is 0. The third-order valence-corrected chi connectivity index (χ3v) is 4.15. The molecule has 0 aromatic heterocycles. The Morgan fingerprint density at radius 3 is 1.50 bits per heavy atom. The van der Waals surface area contributed by atoms with Gasteiger partial charge in [0.25, 0.3) is 11.8 Å². The largest absolute Gasteiger partial charge is 0.508 e. The minimum atomic E-state index is -0.591. The highest BCUT2D eigenvalue weighted by Crippen LogP contribution is 2.21. The van der Waals surface area contributed by atoms with E-state index in [1.54, 1.807) is 0 Å². The first-order valence-electron chi connectivity index (χ1n) is 9.14. The van der Waals surface area contributed by atoms with Gasteiger partial charge in [0.1, 0.15) is 23.0 Å². The first kappa shape index (κ1) is 21.8. The van der Waals surface area contributed by atoms with Gasteiger partial charge in [-0.1, -0.05) is 6.07 Å². The fourth-order valence-corrected chi connectivity index (χ4v) is 2.53. The molecule has 3 aromatic rings. The molecule has 10 heteroatoms. The maximum Gasteiger partial charge on any atom is 0.271 e. The third-order valence-electron chi connectivity index (χ3n) is 4.15. The van der Waals surface area contributed by atoms with Crippen molar-refractivity contribution in [2.75, 3.05) is 0 Å². The highest BCUT2D eigenvalue weighted by molar-refractivity contribution is 6.00. The first-order chi connectivity index (χ1) is 15.3. The summed E-state index contributed by atoms with van der Waals surface area (Å²) < 4.78 is 0. The molecule has 6 N–H and O–H groups in total. The van der Waals surface area contributed by atoms with Crippen molar-refractivity contribution in [3.05, 3.63) is 82.9 Å². The van der Waals surface area contributed by atoms with Gasteiger partial charge in [-0.15, -0.1) is 0 Å². The van der Waals surface area contributed by atoms with E-state index in [2.05, 4.69) is 21.1 Å². The molecule has 0 fully saturated rings. The number of aromatic hydroxyl groups is 4. The zero-order valence-corrected chi connectivity index (χ0v) is 16.4. The summed E-state index contributed by atoms with van der Waals surface area (Å²) in [6, 6.07) is 13.6. The van der Waals surface area contributed by atoms with Crippen LogP contribution in [0.3, 0.4) is 0 Å². The van der Waals surface area contributed by atoms with Crippen molar-refractivity contribution < 1.29 is 30.0 Å². The zero-order valence-electron chi connectivity index (χ0n) is 16.4. The van der Waals surface area contributed by atoms with E-state index in [1.807, 2.05) is 0 Å². The van der Waals surface area contributed by atoms with E-state index in [1.165, 1.54) is 61.0 Å². The lowest BCUT2D eigenvalue weighted by atomic mass is 10.1. The summed E-state index contributed by atoms with van der Waals surface area (Å²) in [5, 5.41) is 45.4. The number of phenols is 4. The Labute approximate surface area is 181 Å². The van der Waals surface area contributed by atoms with E-state index in [0.717, 1.165) is 12.1 Å². The molecule has 162 valence electrons. The summed E-state index contributed by atoms with van der Waals surface area (Å²) in [7, 11) is 0. The minimum Gasteiger partial charge on any atom is -0.508 e. The average molecular weight is 434 g/mol. The second kappa shape index (κ2) is 9.76. The van der Waals surface area contributed by atoms with Gasteiger partial charge in [0, 0.05) is 34.4 Å². The number of phenolic OH excluding ortho intramolecular Hbond substituents is 4. The maximum absolute atomic E-state index is 12.3. The molecular weight excluding hydrogens is 416 g/mol. The molecule has 3 rings (SSSR count). The molecule has 10 nitrogen and oxygen atoms in total. The van der Waals surface area contributed by atoms with Crippen molar-refractivity contribution >= 4 is 24.2 Å². The smallest absolute Gasteiger partial charge is 0.271 e. The molecule has 0 spiro atoms. The summed E-state index contributed by atoms with van der Waals surface area (Å²) in [5.41, 5.74) is 5.44. The highest BCUT2D eigenvalue weighted by atomic mass is 16.3. The molecule has 0 saturated heterocycles. The molecule has 0 atom stereocenters. The fourth-order valence-electron chi connectivity index (χ4n) is 2.53. The van der Waals surface area contributed by atoms with Crippen LogP contribution in [0, 0.1) is 0 Å². The number of rotatable bonds is 6.